The number of hydrogen-bond donors (Lipinski definition) is 6. The minimum absolute atomic E-state index is 0.105. The van der Waals surface area contributed by atoms with Gasteiger partial charge in [0.25, 0.3) is 0 Å². The summed E-state index contributed by atoms with van der Waals surface area (Å²) in [6.07, 6.45) is 0. The van der Waals surface area contributed by atoms with E-state index in [9.17, 15) is 28.7 Å². The zero-order valence-electron chi connectivity index (χ0n) is 13.8. The molecule has 0 amide bonds. The SMILES string of the molecule is O=P(O)(O)[C@H](NCCN[C@@H](c1ccccc1)P(=O)(O)O)c1ccccc1. The highest BCUT2D eigenvalue weighted by Gasteiger charge is 2.31. The van der Waals surface area contributed by atoms with E-state index < -0.39 is 26.8 Å². The van der Waals surface area contributed by atoms with Gasteiger partial charge >= 0.3 is 15.2 Å². The smallest absolute Gasteiger partial charge is 0.323 e. The van der Waals surface area contributed by atoms with Gasteiger partial charge in [0.2, 0.25) is 0 Å². The topological polar surface area (TPSA) is 139 Å². The van der Waals surface area contributed by atoms with Crippen LogP contribution in [0.2, 0.25) is 0 Å². The quantitative estimate of drug-likeness (QED) is 0.277. The molecule has 0 heterocycles. The lowest BCUT2D eigenvalue weighted by Gasteiger charge is -2.23. The van der Waals surface area contributed by atoms with Crippen molar-refractivity contribution in [3.05, 3.63) is 71.8 Å². The number of rotatable bonds is 9. The highest BCUT2D eigenvalue weighted by molar-refractivity contribution is 7.52. The van der Waals surface area contributed by atoms with Crippen molar-refractivity contribution in [3.63, 3.8) is 0 Å². The molecule has 0 aliphatic rings. The van der Waals surface area contributed by atoms with Crippen LogP contribution in [0, 0.1) is 0 Å². The Morgan fingerprint density at radius 1 is 0.654 bits per heavy atom. The number of hydrogen-bond acceptors (Lipinski definition) is 4. The van der Waals surface area contributed by atoms with Gasteiger partial charge < -0.3 is 19.6 Å². The maximum Gasteiger partial charge on any atom is 0.346 e. The molecule has 0 aromatic heterocycles. The fourth-order valence-corrected chi connectivity index (χ4v) is 4.41. The third-order valence-corrected chi connectivity index (χ3v) is 6.01. The van der Waals surface area contributed by atoms with Crippen molar-refractivity contribution in [2.75, 3.05) is 13.1 Å². The van der Waals surface area contributed by atoms with Crippen molar-refractivity contribution in [2.24, 2.45) is 0 Å². The maximum atomic E-state index is 11.7. The van der Waals surface area contributed by atoms with Gasteiger partial charge in [-0.1, -0.05) is 60.7 Å². The second-order valence-corrected chi connectivity index (χ2v) is 9.10. The normalized spacial score (nSPS) is 14.8. The minimum Gasteiger partial charge on any atom is -0.323 e. The molecule has 6 N–H and O–H groups in total. The molecule has 0 spiro atoms. The number of benzene rings is 2. The second-order valence-electron chi connectivity index (χ2n) is 5.71. The van der Waals surface area contributed by atoms with E-state index in [-0.39, 0.29) is 13.1 Å². The Hall–Kier alpha value is -1.34. The van der Waals surface area contributed by atoms with Crippen LogP contribution in [0.15, 0.2) is 60.7 Å². The monoisotopic (exact) mass is 400 g/mol. The fraction of sp³-hybridized carbons (Fsp3) is 0.250. The molecule has 0 saturated heterocycles. The average molecular weight is 400 g/mol. The molecule has 142 valence electrons. The van der Waals surface area contributed by atoms with E-state index in [1.165, 1.54) is 0 Å². The Morgan fingerprint density at radius 2 is 0.962 bits per heavy atom. The van der Waals surface area contributed by atoms with Crippen molar-refractivity contribution < 1.29 is 28.7 Å². The van der Waals surface area contributed by atoms with Gasteiger partial charge in [0.1, 0.15) is 11.6 Å². The summed E-state index contributed by atoms with van der Waals surface area (Å²) in [7, 11) is -8.89. The minimum atomic E-state index is -4.44. The molecule has 2 rings (SSSR count). The summed E-state index contributed by atoms with van der Waals surface area (Å²) in [6.45, 7) is 0.210. The lowest BCUT2D eigenvalue weighted by molar-refractivity contribution is 0.339. The third-order valence-electron chi connectivity index (χ3n) is 3.70. The Labute approximate surface area is 151 Å². The molecule has 2 atom stereocenters. The average Bonchev–Trinajstić information content (AvgIpc) is 2.57. The summed E-state index contributed by atoms with van der Waals surface area (Å²) in [6, 6.07) is 16.6. The predicted molar refractivity (Wildman–Crippen MR) is 98.5 cm³/mol. The summed E-state index contributed by atoms with van der Waals surface area (Å²) in [5.74, 6) is -2.37. The summed E-state index contributed by atoms with van der Waals surface area (Å²) in [4.78, 5) is 38.2. The second kappa shape index (κ2) is 9.04. The van der Waals surface area contributed by atoms with Gasteiger partial charge in [0.15, 0.2) is 0 Å². The molecule has 10 heteroatoms. The molecule has 2 aromatic carbocycles. The Morgan fingerprint density at radius 3 is 1.23 bits per heavy atom. The van der Waals surface area contributed by atoms with Crippen molar-refractivity contribution in [1.82, 2.24) is 10.6 Å². The number of nitrogens with one attached hydrogen (secondary N) is 2. The molecule has 0 aliphatic carbocycles. The Kier molecular flexibility index (Phi) is 7.29. The van der Waals surface area contributed by atoms with E-state index in [1.54, 1.807) is 60.7 Å². The zero-order chi connectivity index (χ0) is 19.2. The molecule has 0 fully saturated rings. The molecule has 0 aliphatic heterocycles. The lowest BCUT2D eigenvalue weighted by Crippen LogP contribution is -2.32. The standard InChI is InChI=1S/C16H22N2O6P2/c19-25(20,21)15(13-7-3-1-4-8-13)17-11-12-18-16(26(22,23)24)14-9-5-2-6-10-14/h1-10,15-18H,11-12H2,(H2,19,20,21)(H2,22,23,24)/t15-,16+. The van der Waals surface area contributed by atoms with Crippen LogP contribution in [-0.2, 0) is 9.13 Å². The van der Waals surface area contributed by atoms with E-state index in [4.69, 9.17) is 0 Å². The predicted octanol–water partition coefficient (Wildman–Crippen LogP) is 1.92. The van der Waals surface area contributed by atoms with Gasteiger partial charge in [-0.15, -0.1) is 0 Å². The first-order chi connectivity index (χ1) is 12.2. The van der Waals surface area contributed by atoms with Gasteiger partial charge in [-0.05, 0) is 11.1 Å². The van der Waals surface area contributed by atoms with Crippen molar-refractivity contribution in [3.8, 4) is 0 Å². The van der Waals surface area contributed by atoms with Crippen LogP contribution in [0.5, 0.6) is 0 Å². The first kappa shape index (κ1) is 21.0. The van der Waals surface area contributed by atoms with Crippen LogP contribution in [0.1, 0.15) is 22.7 Å². The summed E-state index contributed by atoms with van der Waals surface area (Å²) in [5, 5.41) is 5.51. The molecule has 2 aromatic rings. The van der Waals surface area contributed by atoms with Crippen LogP contribution in [0.4, 0.5) is 0 Å². The Balaban J connectivity index is 2.00. The van der Waals surface area contributed by atoms with Crippen molar-refractivity contribution in [1.29, 1.82) is 0 Å². The molecule has 0 radical (unpaired) electrons. The van der Waals surface area contributed by atoms with Crippen LogP contribution in [0.3, 0.4) is 0 Å². The first-order valence-electron chi connectivity index (χ1n) is 7.86. The molecule has 0 saturated carbocycles. The lowest BCUT2D eigenvalue weighted by atomic mass is 10.2. The molecule has 8 nitrogen and oxygen atoms in total. The van der Waals surface area contributed by atoms with Crippen LogP contribution in [0.25, 0.3) is 0 Å². The van der Waals surface area contributed by atoms with Crippen molar-refractivity contribution >= 4 is 15.2 Å². The highest BCUT2D eigenvalue weighted by Crippen LogP contribution is 2.50. The van der Waals surface area contributed by atoms with E-state index >= 15 is 0 Å². The van der Waals surface area contributed by atoms with Gasteiger partial charge in [0.05, 0.1) is 0 Å². The van der Waals surface area contributed by atoms with Crippen molar-refractivity contribution in [2.45, 2.75) is 11.6 Å². The van der Waals surface area contributed by atoms with Gasteiger partial charge in [-0.2, -0.15) is 0 Å². The van der Waals surface area contributed by atoms with E-state index in [0.717, 1.165) is 0 Å². The maximum absolute atomic E-state index is 11.7. The van der Waals surface area contributed by atoms with Crippen LogP contribution >= 0.6 is 15.2 Å². The van der Waals surface area contributed by atoms with Gasteiger partial charge in [-0.3, -0.25) is 19.8 Å². The van der Waals surface area contributed by atoms with Gasteiger partial charge in [-0.25, -0.2) is 0 Å². The Bertz CT molecular complexity index is 710. The summed E-state index contributed by atoms with van der Waals surface area (Å²) >= 11 is 0. The van der Waals surface area contributed by atoms with E-state index in [1.807, 2.05) is 0 Å². The summed E-state index contributed by atoms with van der Waals surface area (Å²) < 4.78 is 23.5. The van der Waals surface area contributed by atoms with Crippen LogP contribution in [-0.4, -0.2) is 32.7 Å². The molecule has 0 bridgehead atoms. The van der Waals surface area contributed by atoms with Crippen LogP contribution < -0.4 is 10.6 Å². The molecule has 0 unspecified atom stereocenters. The largest absolute Gasteiger partial charge is 0.346 e. The fourth-order valence-electron chi connectivity index (χ4n) is 2.55. The van der Waals surface area contributed by atoms with E-state index in [2.05, 4.69) is 10.6 Å². The highest BCUT2D eigenvalue weighted by atomic mass is 31.2. The van der Waals surface area contributed by atoms with Gasteiger partial charge in [0, 0.05) is 13.1 Å². The molecular formula is C16H22N2O6P2. The van der Waals surface area contributed by atoms with E-state index in [0.29, 0.717) is 11.1 Å². The third kappa shape index (κ3) is 6.13. The molecular weight excluding hydrogens is 378 g/mol. The molecule has 26 heavy (non-hydrogen) atoms. The first-order valence-corrected chi connectivity index (χ1v) is 11.2. The zero-order valence-corrected chi connectivity index (χ0v) is 15.6. The summed E-state index contributed by atoms with van der Waals surface area (Å²) in [5.41, 5.74) is 0.880.